The zero-order valence-corrected chi connectivity index (χ0v) is 17.3. The molecule has 0 N–H and O–H groups in total. The molecule has 144 valence electrons. The van der Waals surface area contributed by atoms with Crippen molar-refractivity contribution < 1.29 is 13.2 Å². The fourth-order valence-corrected chi connectivity index (χ4v) is 5.39. The molecule has 0 radical (unpaired) electrons. The summed E-state index contributed by atoms with van der Waals surface area (Å²) in [6.07, 6.45) is 4.28. The number of benzene rings is 1. The van der Waals surface area contributed by atoms with Gasteiger partial charge in [0.25, 0.3) is 0 Å². The molecule has 0 spiro atoms. The number of rotatable bonds is 6. The Kier molecular flexibility index (Phi) is 6.34. The number of thioether (sulfide) groups is 1. The number of carbonyl (C=O) groups excluding carboxylic acids is 1. The molecule has 1 aromatic heterocycles. The number of piperidine rings is 1. The van der Waals surface area contributed by atoms with Crippen molar-refractivity contribution in [1.82, 2.24) is 9.29 Å². The molecule has 0 unspecified atom stereocenters. The van der Waals surface area contributed by atoms with Crippen LogP contribution < -0.4 is 0 Å². The minimum Gasteiger partial charge on any atom is -0.293 e. The molecule has 0 atom stereocenters. The molecule has 0 bridgehead atoms. The lowest BCUT2D eigenvalue weighted by Gasteiger charge is -2.25. The molecule has 1 aliphatic rings. The summed E-state index contributed by atoms with van der Waals surface area (Å²) in [7, 11) is -3.47. The first-order chi connectivity index (χ1) is 12.9. The topological polar surface area (TPSA) is 67.3 Å². The van der Waals surface area contributed by atoms with Gasteiger partial charge in [0.2, 0.25) is 10.0 Å². The van der Waals surface area contributed by atoms with E-state index in [0.717, 1.165) is 36.0 Å². The van der Waals surface area contributed by atoms with Crippen molar-refractivity contribution in [2.75, 3.05) is 18.8 Å². The molecular formula is C20H24N2O3S2. The number of aryl methyl sites for hydroxylation is 2. The van der Waals surface area contributed by atoms with E-state index in [2.05, 4.69) is 4.98 Å². The number of hydrogen-bond donors (Lipinski definition) is 0. The molecule has 1 aromatic carbocycles. The van der Waals surface area contributed by atoms with Gasteiger partial charge in [-0.05, 0) is 44.4 Å². The summed E-state index contributed by atoms with van der Waals surface area (Å²) in [6.45, 7) is 5.08. The van der Waals surface area contributed by atoms with Gasteiger partial charge in [-0.15, -0.1) is 0 Å². The van der Waals surface area contributed by atoms with Gasteiger partial charge in [0.15, 0.2) is 5.78 Å². The van der Waals surface area contributed by atoms with Gasteiger partial charge >= 0.3 is 0 Å². The third kappa shape index (κ3) is 4.78. The van der Waals surface area contributed by atoms with Crippen molar-refractivity contribution in [3.8, 4) is 0 Å². The molecule has 27 heavy (non-hydrogen) atoms. The average molecular weight is 405 g/mol. The Balaban J connectivity index is 1.64. The number of Topliss-reactive ketones (excluding diaryl/α,β-unsaturated/α-hetero) is 1. The van der Waals surface area contributed by atoms with E-state index in [0.29, 0.717) is 18.1 Å². The van der Waals surface area contributed by atoms with Crippen molar-refractivity contribution in [2.24, 2.45) is 0 Å². The van der Waals surface area contributed by atoms with Crippen molar-refractivity contribution >= 4 is 27.6 Å². The first-order valence-electron chi connectivity index (χ1n) is 9.07. The van der Waals surface area contributed by atoms with Gasteiger partial charge in [-0.2, -0.15) is 4.31 Å². The normalized spacial score (nSPS) is 15.6. The molecule has 3 rings (SSSR count). The van der Waals surface area contributed by atoms with Crippen LogP contribution in [-0.4, -0.2) is 42.3 Å². The molecule has 7 heteroatoms. The smallest absolute Gasteiger partial charge is 0.244 e. The second-order valence-corrected chi connectivity index (χ2v) is 9.76. The Morgan fingerprint density at radius 2 is 1.85 bits per heavy atom. The highest BCUT2D eigenvalue weighted by Crippen LogP contribution is 2.23. The van der Waals surface area contributed by atoms with E-state index in [1.165, 1.54) is 22.3 Å². The highest BCUT2D eigenvalue weighted by molar-refractivity contribution is 7.99. The summed E-state index contributed by atoms with van der Waals surface area (Å²) in [5, 5.41) is 0.644. The van der Waals surface area contributed by atoms with Crippen LogP contribution in [0.2, 0.25) is 0 Å². The zero-order chi connectivity index (χ0) is 19.4. The molecule has 0 amide bonds. The summed E-state index contributed by atoms with van der Waals surface area (Å²) in [6, 6.07) is 9.05. The Hall–Kier alpha value is -1.70. The molecule has 0 aliphatic carbocycles. The predicted octanol–water partition coefficient (Wildman–Crippen LogP) is 3.85. The second-order valence-electron chi connectivity index (χ2n) is 6.83. The van der Waals surface area contributed by atoms with E-state index in [9.17, 15) is 13.2 Å². The molecular weight excluding hydrogens is 380 g/mol. The van der Waals surface area contributed by atoms with Crippen LogP contribution in [0.25, 0.3) is 0 Å². The van der Waals surface area contributed by atoms with E-state index in [1.54, 1.807) is 12.1 Å². The Labute approximate surface area is 165 Å². The lowest BCUT2D eigenvalue weighted by Crippen LogP contribution is -2.35. The maximum absolute atomic E-state index is 12.6. The number of aromatic nitrogens is 1. The van der Waals surface area contributed by atoms with Gasteiger partial charge in [0.1, 0.15) is 4.90 Å². The molecule has 1 saturated heterocycles. The number of carbonyl (C=O) groups is 1. The van der Waals surface area contributed by atoms with Gasteiger partial charge in [0.05, 0.1) is 10.8 Å². The van der Waals surface area contributed by atoms with E-state index in [4.69, 9.17) is 0 Å². The maximum atomic E-state index is 12.6. The van der Waals surface area contributed by atoms with Gasteiger partial charge in [-0.25, -0.2) is 13.4 Å². The van der Waals surface area contributed by atoms with Gasteiger partial charge in [-0.3, -0.25) is 4.79 Å². The third-order valence-electron chi connectivity index (χ3n) is 4.70. The van der Waals surface area contributed by atoms with E-state index in [1.807, 2.05) is 32.0 Å². The molecule has 2 aromatic rings. The number of ketones is 1. The number of nitrogens with zero attached hydrogens (tertiary/aromatic N) is 2. The van der Waals surface area contributed by atoms with E-state index < -0.39 is 10.0 Å². The fourth-order valence-electron chi connectivity index (χ4n) is 3.20. The number of pyridine rings is 1. The lowest BCUT2D eigenvalue weighted by molar-refractivity contribution is 0.102. The van der Waals surface area contributed by atoms with Crippen molar-refractivity contribution in [3.05, 3.63) is 53.2 Å². The summed E-state index contributed by atoms with van der Waals surface area (Å²) < 4.78 is 26.8. The van der Waals surface area contributed by atoms with Crippen LogP contribution in [0.5, 0.6) is 0 Å². The van der Waals surface area contributed by atoms with Crippen molar-refractivity contribution in [1.29, 1.82) is 0 Å². The van der Waals surface area contributed by atoms with Crippen LogP contribution >= 0.6 is 11.8 Å². The predicted molar refractivity (Wildman–Crippen MR) is 108 cm³/mol. The Morgan fingerprint density at radius 1 is 1.11 bits per heavy atom. The van der Waals surface area contributed by atoms with Crippen molar-refractivity contribution in [3.63, 3.8) is 0 Å². The molecule has 2 heterocycles. The summed E-state index contributed by atoms with van der Waals surface area (Å²) in [4.78, 5) is 16.9. The third-order valence-corrected chi connectivity index (χ3v) is 7.52. The van der Waals surface area contributed by atoms with Gasteiger partial charge in [-0.1, -0.05) is 41.9 Å². The highest BCUT2D eigenvalue weighted by atomic mass is 32.2. The van der Waals surface area contributed by atoms with Gasteiger partial charge in [0, 0.05) is 24.8 Å². The zero-order valence-electron chi connectivity index (χ0n) is 15.6. The maximum Gasteiger partial charge on any atom is 0.244 e. The second kappa shape index (κ2) is 8.54. The summed E-state index contributed by atoms with van der Waals surface area (Å²) >= 11 is 1.32. The summed E-state index contributed by atoms with van der Waals surface area (Å²) in [5.41, 5.74) is 2.82. The first kappa shape index (κ1) is 20.0. The Bertz CT molecular complexity index is 919. The molecule has 0 saturated carbocycles. The minimum atomic E-state index is -3.47. The SMILES string of the molecule is Cc1ccc(C(=O)CSc2ccc(S(=O)(=O)N3CCCCC3)cn2)c(C)c1. The van der Waals surface area contributed by atoms with Crippen molar-refractivity contribution in [2.45, 2.75) is 43.0 Å². The monoisotopic (exact) mass is 404 g/mol. The van der Waals surface area contributed by atoms with Crippen LogP contribution in [0.1, 0.15) is 40.7 Å². The average Bonchev–Trinajstić information content (AvgIpc) is 2.67. The highest BCUT2D eigenvalue weighted by Gasteiger charge is 2.26. The van der Waals surface area contributed by atoms with Crippen LogP contribution in [0.3, 0.4) is 0 Å². The molecule has 5 nitrogen and oxygen atoms in total. The Morgan fingerprint density at radius 3 is 2.48 bits per heavy atom. The largest absolute Gasteiger partial charge is 0.293 e. The van der Waals surface area contributed by atoms with Gasteiger partial charge < -0.3 is 0 Å². The number of sulfonamides is 1. The van der Waals surface area contributed by atoms with Crippen LogP contribution in [0.4, 0.5) is 0 Å². The number of hydrogen-bond acceptors (Lipinski definition) is 5. The minimum absolute atomic E-state index is 0.0457. The van der Waals surface area contributed by atoms with Crippen LogP contribution in [0, 0.1) is 13.8 Å². The summed E-state index contributed by atoms with van der Waals surface area (Å²) in [5.74, 6) is 0.319. The van der Waals surface area contributed by atoms with E-state index in [-0.39, 0.29) is 16.4 Å². The molecule has 1 aliphatic heterocycles. The standard InChI is InChI=1S/C20H24N2O3S2/c1-15-6-8-18(16(2)12-15)19(23)14-26-20-9-7-17(13-21-20)27(24,25)22-10-4-3-5-11-22/h6-9,12-13H,3-5,10-11,14H2,1-2H3. The fraction of sp³-hybridized carbons (Fsp3) is 0.400. The van der Waals surface area contributed by atoms with Crippen LogP contribution in [-0.2, 0) is 10.0 Å². The molecule has 1 fully saturated rings. The van der Waals surface area contributed by atoms with E-state index >= 15 is 0 Å². The quantitative estimate of drug-likeness (QED) is 0.540. The lowest BCUT2D eigenvalue weighted by atomic mass is 10.0. The van der Waals surface area contributed by atoms with Crippen LogP contribution in [0.15, 0.2) is 46.5 Å². The first-order valence-corrected chi connectivity index (χ1v) is 11.5.